The smallest absolute Gasteiger partial charge is 0.151 e. The van der Waals surface area contributed by atoms with Crippen molar-refractivity contribution in [1.29, 1.82) is 0 Å². The van der Waals surface area contributed by atoms with Crippen LogP contribution < -0.4 is 10.6 Å². The maximum Gasteiger partial charge on any atom is 0.151 e. The van der Waals surface area contributed by atoms with Gasteiger partial charge in [0.05, 0.1) is 12.7 Å². The van der Waals surface area contributed by atoms with Crippen molar-refractivity contribution in [3.63, 3.8) is 0 Å². The molecule has 0 radical (unpaired) electrons. The van der Waals surface area contributed by atoms with E-state index in [0.717, 1.165) is 44.8 Å². The van der Waals surface area contributed by atoms with Crippen molar-refractivity contribution in [1.82, 2.24) is 10.2 Å². The Morgan fingerprint density at radius 2 is 1.96 bits per heavy atom. The van der Waals surface area contributed by atoms with Gasteiger partial charge in [0.25, 0.3) is 0 Å². The molecule has 2 heterocycles. The summed E-state index contributed by atoms with van der Waals surface area (Å²) in [5.41, 5.74) is 9.25. The molecule has 4 rings (SSSR count). The van der Waals surface area contributed by atoms with Crippen LogP contribution in [0, 0.1) is 12.8 Å². The summed E-state index contributed by atoms with van der Waals surface area (Å²) in [6.45, 7) is 4.77. The lowest BCUT2D eigenvalue weighted by Crippen LogP contribution is -2.49. The Balaban J connectivity index is 1.26. The van der Waals surface area contributed by atoms with Crippen molar-refractivity contribution < 1.29 is 4.74 Å². The Hall–Kier alpha value is -1.98. The van der Waals surface area contributed by atoms with E-state index in [0.29, 0.717) is 17.9 Å². The predicted molar refractivity (Wildman–Crippen MR) is 112 cm³/mol. The molecule has 2 aromatic rings. The number of piperidine rings is 1. The molecule has 2 aliphatic rings. The van der Waals surface area contributed by atoms with Crippen LogP contribution in [0.4, 0.5) is 5.82 Å². The van der Waals surface area contributed by atoms with E-state index in [2.05, 4.69) is 46.3 Å². The first-order chi connectivity index (χ1) is 13.7. The number of hydrogen-bond donors (Lipinski definition) is 1. The molecule has 2 atom stereocenters. The van der Waals surface area contributed by atoms with Crippen LogP contribution in [0.25, 0.3) is 0 Å². The van der Waals surface area contributed by atoms with E-state index in [1.807, 2.05) is 12.1 Å². The second-order valence-electron chi connectivity index (χ2n) is 8.46. The van der Waals surface area contributed by atoms with Gasteiger partial charge in [0.1, 0.15) is 0 Å². The van der Waals surface area contributed by atoms with Crippen LogP contribution in [0.1, 0.15) is 49.1 Å². The van der Waals surface area contributed by atoms with Gasteiger partial charge in [-0.25, -0.2) is 0 Å². The summed E-state index contributed by atoms with van der Waals surface area (Å²) in [7, 11) is 0. The summed E-state index contributed by atoms with van der Waals surface area (Å²) in [6, 6.07) is 13.1. The van der Waals surface area contributed by atoms with Crippen LogP contribution in [0.15, 0.2) is 42.6 Å². The number of anilines is 1. The van der Waals surface area contributed by atoms with Gasteiger partial charge >= 0.3 is 0 Å². The zero-order valence-electron chi connectivity index (χ0n) is 16.8. The van der Waals surface area contributed by atoms with E-state index in [-0.39, 0.29) is 6.04 Å². The fourth-order valence-electron chi connectivity index (χ4n) is 4.64. The van der Waals surface area contributed by atoms with Crippen LogP contribution in [0.5, 0.6) is 0 Å². The summed E-state index contributed by atoms with van der Waals surface area (Å²) in [5, 5.41) is 8.26. The highest BCUT2D eigenvalue weighted by atomic mass is 16.5. The van der Waals surface area contributed by atoms with E-state index in [1.165, 1.54) is 24.0 Å². The molecule has 5 nitrogen and oxygen atoms in total. The molecule has 0 spiro atoms. The van der Waals surface area contributed by atoms with Crippen molar-refractivity contribution in [2.45, 2.75) is 57.1 Å². The second kappa shape index (κ2) is 9.01. The summed E-state index contributed by atoms with van der Waals surface area (Å²) in [6.07, 6.45) is 7.80. The molecule has 1 aliphatic carbocycles. The van der Waals surface area contributed by atoms with Crippen molar-refractivity contribution in [3.05, 3.63) is 53.7 Å². The Bertz CT molecular complexity index is 745. The molecule has 150 valence electrons. The van der Waals surface area contributed by atoms with E-state index >= 15 is 0 Å². The first-order valence-electron chi connectivity index (χ1n) is 10.7. The SMILES string of the molecule is Cc1cccc(C2CCC(OCC3CN(c4cccnn4)CCC3N)CC2)c1. The molecular weight excluding hydrogens is 348 g/mol. The molecule has 1 aromatic carbocycles. The first kappa shape index (κ1) is 19.3. The minimum Gasteiger partial charge on any atom is -0.378 e. The van der Waals surface area contributed by atoms with Gasteiger partial charge in [-0.05, 0) is 62.6 Å². The number of aromatic nitrogens is 2. The number of nitrogens with two attached hydrogens (primary N) is 1. The Morgan fingerprint density at radius 3 is 2.71 bits per heavy atom. The lowest BCUT2D eigenvalue weighted by molar-refractivity contribution is -0.00102. The molecule has 1 saturated heterocycles. The van der Waals surface area contributed by atoms with Crippen molar-refractivity contribution in [3.8, 4) is 0 Å². The highest BCUT2D eigenvalue weighted by molar-refractivity contribution is 5.37. The normalized spacial score (nSPS) is 28.3. The quantitative estimate of drug-likeness (QED) is 0.857. The standard InChI is InChI=1S/C23H32N4O/c1-17-4-2-5-19(14-17)18-7-9-21(10-8-18)28-16-20-15-27(13-11-22(20)24)23-6-3-12-25-26-23/h2-6,12,14,18,20-22H,7-11,13,15-16,24H2,1H3. The fraction of sp³-hybridized carbons (Fsp3) is 0.565. The molecule has 1 saturated carbocycles. The number of rotatable bonds is 5. The lowest BCUT2D eigenvalue weighted by atomic mass is 9.82. The second-order valence-corrected chi connectivity index (χ2v) is 8.46. The minimum absolute atomic E-state index is 0.205. The summed E-state index contributed by atoms with van der Waals surface area (Å²) in [4.78, 5) is 2.29. The largest absolute Gasteiger partial charge is 0.378 e. The van der Waals surface area contributed by atoms with Gasteiger partial charge in [0.2, 0.25) is 0 Å². The minimum atomic E-state index is 0.205. The average molecular weight is 381 g/mol. The van der Waals surface area contributed by atoms with Crippen molar-refractivity contribution in [2.24, 2.45) is 11.7 Å². The van der Waals surface area contributed by atoms with E-state index < -0.39 is 0 Å². The van der Waals surface area contributed by atoms with Gasteiger partial charge in [0.15, 0.2) is 5.82 Å². The molecule has 1 aromatic heterocycles. The van der Waals surface area contributed by atoms with E-state index in [1.54, 1.807) is 6.20 Å². The molecule has 5 heteroatoms. The Labute approximate surface area is 168 Å². The zero-order chi connectivity index (χ0) is 19.3. The Morgan fingerprint density at radius 1 is 1.11 bits per heavy atom. The lowest BCUT2D eigenvalue weighted by Gasteiger charge is -2.38. The van der Waals surface area contributed by atoms with Crippen LogP contribution in [-0.2, 0) is 4.74 Å². The van der Waals surface area contributed by atoms with Gasteiger partial charge in [-0.2, -0.15) is 5.10 Å². The number of hydrogen-bond acceptors (Lipinski definition) is 5. The topological polar surface area (TPSA) is 64.3 Å². The van der Waals surface area contributed by atoms with Crippen LogP contribution in [-0.4, -0.2) is 42.0 Å². The van der Waals surface area contributed by atoms with Gasteiger partial charge in [0, 0.05) is 31.2 Å². The van der Waals surface area contributed by atoms with Crippen molar-refractivity contribution in [2.75, 3.05) is 24.6 Å². The molecule has 2 N–H and O–H groups in total. The van der Waals surface area contributed by atoms with Gasteiger partial charge in [-0.1, -0.05) is 29.8 Å². The van der Waals surface area contributed by atoms with Crippen molar-refractivity contribution >= 4 is 5.82 Å². The number of ether oxygens (including phenoxy) is 1. The third-order valence-corrected chi connectivity index (χ3v) is 6.41. The molecule has 0 amide bonds. The third kappa shape index (κ3) is 4.70. The molecule has 28 heavy (non-hydrogen) atoms. The van der Waals surface area contributed by atoms with Gasteiger partial charge < -0.3 is 15.4 Å². The highest BCUT2D eigenvalue weighted by Crippen LogP contribution is 2.34. The third-order valence-electron chi connectivity index (χ3n) is 6.41. The molecular formula is C23H32N4O. The molecule has 2 unspecified atom stereocenters. The van der Waals surface area contributed by atoms with Crippen LogP contribution in [0.3, 0.4) is 0 Å². The Kier molecular flexibility index (Phi) is 6.23. The fourth-order valence-corrected chi connectivity index (χ4v) is 4.64. The predicted octanol–water partition coefficient (Wildman–Crippen LogP) is 3.68. The molecule has 0 bridgehead atoms. The average Bonchev–Trinajstić information content (AvgIpc) is 2.74. The van der Waals surface area contributed by atoms with Crippen LogP contribution in [0.2, 0.25) is 0 Å². The number of aryl methyl sites for hydroxylation is 1. The summed E-state index contributed by atoms with van der Waals surface area (Å²) >= 11 is 0. The van der Waals surface area contributed by atoms with E-state index in [9.17, 15) is 0 Å². The maximum absolute atomic E-state index is 6.40. The van der Waals surface area contributed by atoms with Gasteiger partial charge in [-0.15, -0.1) is 5.10 Å². The highest BCUT2D eigenvalue weighted by Gasteiger charge is 2.29. The van der Waals surface area contributed by atoms with Gasteiger partial charge in [-0.3, -0.25) is 0 Å². The number of benzene rings is 1. The summed E-state index contributed by atoms with van der Waals surface area (Å²) < 4.78 is 6.34. The zero-order valence-corrected chi connectivity index (χ0v) is 16.8. The first-order valence-corrected chi connectivity index (χ1v) is 10.7. The summed E-state index contributed by atoms with van der Waals surface area (Å²) in [5.74, 6) is 1.98. The molecule has 1 aliphatic heterocycles. The molecule has 2 fully saturated rings. The monoisotopic (exact) mass is 380 g/mol. The number of nitrogens with zero attached hydrogens (tertiary/aromatic N) is 3. The van der Waals surface area contributed by atoms with E-state index in [4.69, 9.17) is 10.5 Å². The maximum atomic E-state index is 6.40. The van der Waals surface area contributed by atoms with Crippen LogP contribution >= 0.6 is 0 Å².